The van der Waals surface area contributed by atoms with Crippen LogP contribution in [0.2, 0.25) is 0 Å². The Labute approximate surface area is 73.4 Å². The van der Waals surface area contributed by atoms with Crippen molar-refractivity contribution < 1.29 is 5.11 Å². The molecule has 3 heteroatoms. The highest BCUT2D eigenvalue weighted by molar-refractivity contribution is 5.24. The van der Waals surface area contributed by atoms with Gasteiger partial charge in [-0.25, -0.2) is 0 Å². The van der Waals surface area contributed by atoms with Crippen LogP contribution in [0.25, 0.3) is 0 Å². The van der Waals surface area contributed by atoms with E-state index in [1.165, 1.54) is 0 Å². The molecule has 1 aliphatic carbocycles. The predicted octanol–water partition coefficient (Wildman–Crippen LogP) is -0.0494. The quantitative estimate of drug-likeness (QED) is 0.567. The van der Waals surface area contributed by atoms with E-state index >= 15 is 0 Å². The van der Waals surface area contributed by atoms with Crippen LogP contribution in [0.4, 0.5) is 0 Å². The third kappa shape index (κ3) is 1.31. The van der Waals surface area contributed by atoms with Crippen LogP contribution in [-0.4, -0.2) is 42.9 Å². The Hall–Kier alpha value is -0.640. The van der Waals surface area contributed by atoms with Gasteiger partial charge in [-0.15, -0.1) is 0 Å². The first kappa shape index (κ1) is 9.45. The molecule has 0 amide bonds. The maximum absolute atomic E-state index is 9.75. The fourth-order valence-corrected chi connectivity index (χ4v) is 1.49. The molecular formula is C9H16N2O. The van der Waals surface area contributed by atoms with Gasteiger partial charge in [-0.3, -0.25) is 10.2 Å². The molecule has 3 nitrogen and oxygen atoms in total. The second kappa shape index (κ2) is 3.39. The lowest BCUT2D eigenvalue weighted by Crippen LogP contribution is -2.61. The molecular weight excluding hydrogens is 152 g/mol. The highest BCUT2D eigenvalue weighted by Crippen LogP contribution is 2.19. The van der Waals surface area contributed by atoms with Crippen molar-refractivity contribution in [2.75, 3.05) is 21.1 Å². The van der Waals surface area contributed by atoms with Gasteiger partial charge in [0.1, 0.15) is 11.8 Å². The number of nitrogens with zero attached hydrogens (tertiary/aromatic N) is 1. The van der Waals surface area contributed by atoms with Crippen molar-refractivity contribution in [1.29, 1.82) is 0 Å². The van der Waals surface area contributed by atoms with E-state index < -0.39 is 11.8 Å². The summed E-state index contributed by atoms with van der Waals surface area (Å²) in [6.07, 6.45) is 7.02. The first-order valence-electron chi connectivity index (χ1n) is 4.04. The van der Waals surface area contributed by atoms with Gasteiger partial charge in [0.25, 0.3) is 0 Å². The van der Waals surface area contributed by atoms with Gasteiger partial charge in [0, 0.05) is 0 Å². The number of hydrogen-bond acceptors (Lipinski definition) is 3. The fraction of sp³-hybridized carbons (Fsp3) is 0.556. The number of aliphatic hydroxyl groups is 1. The second-order valence-corrected chi connectivity index (χ2v) is 3.16. The molecule has 0 saturated heterocycles. The molecule has 68 valence electrons. The molecule has 0 bridgehead atoms. The lowest BCUT2D eigenvalue weighted by molar-refractivity contribution is 0.0359. The summed E-state index contributed by atoms with van der Waals surface area (Å²) in [5.41, 5.74) is -0.450. The average Bonchev–Trinajstić information content (AvgIpc) is 2.05. The molecule has 0 aromatic rings. The lowest BCUT2D eigenvalue weighted by atomic mass is 9.97. The summed E-state index contributed by atoms with van der Waals surface area (Å²) in [7, 11) is 5.71. The van der Waals surface area contributed by atoms with E-state index in [4.69, 9.17) is 0 Å². The number of aliphatic hydroxyl groups excluding tert-OH is 1. The Balaban J connectivity index is 2.92. The first-order valence-corrected chi connectivity index (χ1v) is 4.04. The molecule has 0 radical (unpaired) electrons. The van der Waals surface area contributed by atoms with Crippen molar-refractivity contribution in [3.05, 3.63) is 24.3 Å². The number of hydrogen-bond donors (Lipinski definition) is 2. The van der Waals surface area contributed by atoms with Crippen LogP contribution in [-0.2, 0) is 0 Å². The molecule has 1 rings (SSSR count). The zero-order valence-corrected chi connectivity index (χ0v) is 7.78. The Morgan fingerprint density at radius 1 is 1.42 bits per heavy atom. The van der Waals surface area contributed by atoms with Crippen LogP contribution in [0.5, 0.6) is 0 Å². The van der Waals surface area contributed by atoms with Gasteiger partial charge < -0.3 is 5.11 Å². The van der Waals surface area contributed by atoms with Crippen molar-refractivity contribution in [2.24, 2.45) is 0 Å². The first-order chi connectivity index (χ1) is 5.63. The van der Waals surface area contributed by atoms with Crippen LogP contribution in [0.1, 0.15) is 0 Å². The maximum atomic E-state index is 9.75. The normalized spacial score (nSPS) is 34.6. The smallest absolute Gasteiger partial charge is 0.120 e. The molecule has 0 aromatic carbocycles. The Bertz CT molecular complexity index is 211. The summed E-state index contributed by atoms with van der Waals surface area (Å²) in [6, 6.07) is 0. The average molecular weight is 168 g/mol. The van der Waals surface area contributed by atoms with Crippen LogP contribution < -0.4 is 5.32 Å². The van der Waals surface area contributed by atoms with E-state index in [0.29, 0.717) is 0 Å². The van der Waals surface area contributed by atoms with Crippen molar-refractivity contribution in [2.45, 2.75) is 11.8 Å². The predicted molar refractivity (Wildman–Crippen MR) is 49.8 cm³/mol. The van der Waals surface area contributed by atoms with Crippen molar-refractivity contribution >= 4 is 0 Å². The Kier molecular flexibility index (Phi) is 2.67. The maximum Gasteiger partial charge on any atom is 0.120 e. The highest BCUT2D eigenvalue weighted by Gasteiger charge is 2.35. The number of allylic oxidation sites excluding steroid dienone is 2. The minimum atomic E-state index is -0.498. The standard InChI is InChI=1S/C9H16N2O/c1-10-9(11(2)3)7-5-4-6-8(9)12/h4-8,10,12H,1-3H3. The summed E-state index contributed by atoms with van der Waals surface area (Å²) in [4.78, 5) is 1.96. The molecule has 2 atom stereocenters. The number of rotatable bonds is 2. The zero-order valence-electron chi connectivity index (χ0n) is 7.78. The topological polar surface area (TPSA) is 35.5 Å². The summed E-state index contributed by atoms with van der Waals surface area (Å²) >= 11 is 0. The van der Waals surface area contributed by atoms with Crippen LogP contribution in [0.3, 0.4) is 0 Å². The molecule has 0 spiro atoms. The molecule has 1 aliphatic rings. The number of likely N-dealkylation sites (N-methyl/N-ethyl adjacent to an activating group) is 2. The van der Waals surface area contributed by atoms with Crippen LogP contribution in [0.15, 0.2) is 24.3 Å². The summed E-state index contributed by atoms with van der Waals surface area (Å²) in [6.45, 7) is 0. The lowest BCUT2D eigenvalue weighted by Gasteiger charge is -2.41. The molecule has 0 fully saturated rings. The van der Waals surface area contributed by atoms with Crippen LogP contribution in [0, 0.1) is 0 Å². The molecule has 2 N–H and O–H groups in total. The van der Waals surface area contributed by atoms with Gasteiger partial charge >= 0.3 is 0 Å². The molecule has 12 heavy (non-hydrogen) atoms. The van der Waals surface area contributed by atoms with Gasteiger partial charge in [-0.05, 0) is 27.2 Å². The van der Waals surface area contributed by atoms with Crippen molar-refractivity contribution in [1.82, 2.24) is 10.2 Å². The van der Waals surface area contributed by atoms with E-state index in [1.54, 1.807) is 6.08 Å². The van der Waals surface area contributed by atoms with E-state index in [9.17, 15) is 5.11 Å². The largest absolute Gasteiger partial charge is 0.385 e. The van der Waals surface area contributed by atoms with Gasteiger partial charge in [-0.1, -0.05) is 18.2 Å². The number of nitrogens with one attached hydrogen (secondary N) is 1. The highest BCUT2D eigenvalue weighted by atomic mass is 16.3. The SMILES string of the molecule is CNC1(N(C)C)C=CC=CC1O. The molecule has 0 aliphatic heterocycles. The second-order valence-electron chi connectivity index (χ2n) is 3.16. The molecule has 0 aromatic heterocycles. The van der Waals surface area contributed by atoms with Crippen LogP contribution >= 0.6 is 0 Å². The van der Waals surface area contributed by atoms with Crippen molar-refractivity contribution in [3.63, 3.8) is 0 Å². The van der Waals surface area contributed by atoms with E-state index in [-0.39, 0.29) is 0 Å². The summed E-state index contributed by atoms with van der Waals surface area (Å²) in [5, 5.41) is 12.9. The Morgan fingerprint density at radius 2 is 2.08 bits per heavy atom. The molecule has 0 saturated carbocycles. The van der Waals surface area contributed by atoms with E-state index in [1.807, 2.05) is 44.3 Å². The monoisotopic (exact) mass is 168 g/mol. The Morgan fingerprint density at radius 3 is 2.42 bits per heavy atom. The summed E-state index contributed by atoms with van der Waals surface area (Å²) < 4.78 is 0. The molecule has 2 unspecified atom stereocenters. The molecule has 0 heterocycles. The van der Waals surface area contributed by atoms with E-state index in [2.05, 4.69) is 5.32 Å². The fourth-order valence-electron chi connectivity index (χ4n) is 1.49. The van der Waals surface area contributed by atoms with Crippen molar-refractivity contribution in [3.8, 4) is 0 Å². The van der Waals surface area contributed by atoms with Gasteiger partial charge in [0.2, 0.25) is 0 Å². The van der Waals surface area contributed by atoms with E-state index in [0.717, 1.165) is 0 Å². The zero-order chi connectivity index (χ0) is 9.19. The minimum Gasteiger partial charge on any atom is -0.385 e. The third-order valence-corrected chi connectivity index (χ3v) is 2.35. The minimum absolute atomic E-state index is 0.450. The summed E-state index contributed by atoms with van der Waals surface area (Å²) in [5.74, 6) is 0. The van der Waals surface area contributed by atoms with Gasteiger partial charge in [0.15, 0.2) is 0 Å². The third-order valence-electron chi connectivity index (χ3n) is 2.35. The van der Waals surface area contributed by atoms with Gasteiger partial charge in [-0.2, -0.15) is 0 Å². The van der Waals surface area contributed by atoms with Gasteiger partial charge in [0.05, 0.1) is 0 Å².